The Morgan fingerprint density at radius 3 is 2.73 bits per heavy atom. The lowest BCUT2D eigenvalue weighted by atomic mass is 10.1. The molecule has 0 bridgehead atoms. The maximum atomic E-state index is 12.6. The molecule has 0 aliphatic carbocycles. The average Bonchev–Trinajstić information content (AvgIpc) is 2.54. The molecule has 1 amide bonds. The Morgan fingerprint density at radius 1 is 1.23 bits per heavy atom. The summed E-state index contributed by atoms with van der Waals surface area (Å²) < 4.78 is 7.31. The number of nitrogens with zero attached hydrogens (tertiary/aromatic N) is 2. The summed E-state index contributed by atoms with van der Waals surface area (Å²) >= 11 is 1.49. The van der Waals surface area contributed by atoms with Crippen LogP contribution in [0, 0.1) is 0 Å². The van der Waals surface area contributed by atoms with Crippen molar-refractivity contribution >= 4 is 29.4 Å². The number of pyridine rings is 1. The van der Waals surface area contributed by atoms with Gasteiger partial charge in [-0.15, -0.1) is 0 Å². The van der Waals surface area contributed by atoms with Crippen molar-refractivity contribution in [2.24, 2.45) is 0 Å². The largest absolute Gasteiger partial charge is 0.494 e. The number of aromatic nitrogens is 1. The Bertz CT molecular complexity index is 731. The molecule has 1 N–H and O–H groups in total. The van der Waals surface area contributed by atoms with Crippen LogP contribution in [-0.2, 0) is 9.53 Å². The average molecular weight is 313 g/mol. The normalized spacial score (nSPS) is 13.6. The van der Waals surface area contributed by atoms with E-state index in [0.29, 0.717) is 17.3 Å². The van der Waals surface area contributed by atoms with E-state index < -0.39 is 0 Å². The third kappa shape index (κ3) is 2.65. The van der Waals surface area contributed by atoms with Crippen molar-refractivity contribution in [2.45, 2.75) is 4.90 Å². The van der Waals surface area contributed by atoms with E-state index in [1.807, 2.05) is 37.4 Å². The van der Waals surface area contributed by atoms with Gasteiger partial charge in [0.1, 0.15) is 5.82 Å². The Labute approximate surface area is 133 Å². The quantitative estimate of drug-likeness (QED) is 0.883. The van der Waals surface area contributed by atoms with Gasteiger partial charge in [0.15, 0.2) is 11.5 Å². The smallest absolute Gasteiger partial charge is 0.277 e. The van der Waals surface area contributed by atoms with Gasteiger partial charge in [-0.2, -0.15) is 0 Å². The van der Waals surface area contributed by atoms with Gasteiger partial charge in [-0.05, 0) is 36.2 Å². The Morgan fingerprint density at radius 2 is 2.00 bits per heavy atom. The van der Waals surface area contributed by atoms with Gasteiger partial charge >= 0.3 is 0 Å². The van der Waals surface area contributed by atoms with E-state index in [1.54, 1.807) is 29.7 Å². The van der Waals surface area contributed by atoms with Crippen molar-refractivity contribution in [2.75, 3.05) is 19.5 Å². The first-order valence-electron chi connectivity index (χ1n) is 6.72. The second-order valence-corrected chi connectivity index (χ2v) is 5.81. The molecular weight excluding hydrogens is 298 g/mol. The maximum Gasteiger partial charge on any atom is 0.277 e. The summed E-state index contributed by atoms with van der Waals surface area (Å²) in [6.07, 6.45) is 1.63. The molecular formula is C16H15N3O2S. The molecule has 0 fully saturated rings. The number of anilines is 1. The number of benzene rings is 1. The molecule has 5 nitrogen and oxygen atoms in total. The first kappa shape index (κ1) is 14.5. The van der Waals surface area contributed by atoms with E-state index in [1.165, 1.54) is 11.9 Å². The third-order valence-electron chi connectivity index (χ3n) is 3.22. The molecule has 0 saturated heterocycles. The summed E-state index contributed by atoms with van der Waals surface area (Å²) in [5.41, 5.74) is 1.39. The first-order valence-corrected chi connectivity index (χ1v) is 7.50. The van der Waals surface area contributed by atoms with Crippen molar-refractivity contribution in [3.63, 3.8) is 0 Å². The Kier molecular flexibility index (Phi) is 4.02. The monoisotopic (exact) mass is 313 g/mol. The number of amides is 1. The summed E-state index contributed by atoms with van der Waals surface area (Å²) in [4.78, 5) is 17.8. The van der Waals surface area contributed by atoms with Crippen LogP contribution in [0.3, 0.4) is 0 Å². The highest BCUT2D eigenvalue weighted by molar-refractivity contribution is 7.97. The number of ether oxygens (including phenoxy) is 1. The molecule has 2 aromatic rings. The molecule has 6 heteroatoms. The zero-order chi connectivity index (χ0) is 15.5. The maximum absolute atomic E-state index is 12.6. The van der Waals surface area contributed by atoms with Crippen molar-refractivity contribution in [3.8, 4) is 0 Å². The predicted molar refractivity (Wildman–Crippen MR) is 86.9 cm³/mol. The summed E-state index contributed by atoms with van der Waals surface area (Å²) in [6, 6.07) is 13.2. The number of likely N-dealkylation sites (N-methyl/N-ethyl adjacent to an activating group) is 1. The number of carbonyl (C=O) groups is 1. The second-order valence-electron chi connectivity index (χ2n) is 4.64. The van der Waals surface area contributed by atoms with Crippen LogP contribution in [0.15, 0.2) is 59.3 Å². The van der Waals surface area contributed by atoms with Gasteiger partial charge in [0.05, 0.1) is 7.11 Å². The molecule has 1 aromatic carbocycles. The van der Waals surface area contributed by atoms with Gasteiger partial charge < -0.3 is 14.4 Å². The van der Waals surface area contributed by atoms with E-state index in [-0.39, 0.29) is 5.91 Å². The number of fused-ring (bicyclic) bond motifs is 1. The zero-order valence-corrected chi connectivity index (χ0v) is 13.1. The van der Waals surface area contributed by atoms with Crippen LogP contribution in [-0.4, -0.2) is 29.4 Å². The minimum absolute atomic E-state index is 0.250. The fraction of sp³-hybridized carbons (Fsp3) is 0.125. The van der Waals surface area contributed by atoms with Crippen LogP contribution >= 0.6 is 11.9 Å². The van der Waals surface area contributed by atoms with Crippen LogP contribution in [0.2, 0.25) is 0 Å². The highest BCUT2D eigenvalue weighted by atomic mass is 32.2. The third-order valence-corrected chi connectivity index (χ3v) is 4.23. The lowest BCUT2D eigenvalue weighted by molar-refractivity contribution is -0.113. The van der Waals surface area contributed by atoms with Crippen LogP contribution in [0.5, 0.6) is 0 Å². The number of methoxy groups -OCH3 is 1. The van der Waals surface area contributed by atoms with Gasteiger partial charge in [0, 0.05) is 23.7 Å². The topological polar surface area (TPSA) is 54.5 Å². The Hall–Kier alpha value is -2.47. The molecule has 0 radical (unpaired) electrons. The fourth-order valence-electron chi connectivity index (χ4n) is 2.26. The number of hydrogen-bond acceptors (Lipinski definition) is 5. The molecule has 0 spiro atoms. The molecule has 1 aliphatic rings. The van der Waals surface area contributed by atoms with Crippen molar-refractivity contribution in [1.29, 1.82) is 0 Å². The molecule has 1 aliphatic heterocycles. The minimum Gasteiger partial charge on any atom is -0.494 e. The standard InChI is InChI=1S/C16H15N3O2S/c1-19-14(16(20)18-13-9-5-6-10-17-13)15(21-2)11-7-3-4-8-12(11)22-19/h3-10H,1-2H3,(H,17,18,20). The van der Waals surface area contributed by atoms with Gasteiger partial charge in [-0.1, -0.05) is 18.2 Å². The van der Waals surface area contributed by atoms with Gasteiger partial charge in [0.25, 0.3) is 5.91 Å². The molecule has 0 saturated carbocycles. The van der Waals surface area contributed by atoms with E-state index >= 15 is 0 Å². The van der Waals surface area contributed by atoms with E-state index in [4.69, 9.17) is 4.74 Å². The fourth-order valence-corrected chi connectivity index (χ4v) is 3.21. The van der Waals surface area contributed by atoms with E-state index in [0.717, 1.165) is 10.5 Å². The molecule has 112 valence electrons. The van der Waals surface area contributed by atoms with Crippen LogP contribution in [0.1, 0.15) is 5.56 Å². The van der Waals surface area contributed by atoms with Crippen molar-refractivity contribution in [3.05, 3.63) is 59.9 Å². The summed E-state index contributed by atoms with van der Waals surface area (Å²) in [5, 5.41) is 2.79. The van der Waals surface area contributed by atoms with Crippen molar-refractivity contribution in [1.82, 2.24) is 9.29 Å². The van der Waals surface area contributed by atoms with Crippen molar-refractivity contribution < 1.29 is 9.53 Å². The number of rotatable bonds is 3. The molecule has 0 unspecified atom stereocenters. The molecule has 0 atom stereocenters. The molecule has 3 rings (SSSR count). The highest BCUT2D eigenvalue weighted by Crippen LogP contribution is 2.40. The van der Waals surface area contributed by atoms with Gasteiger partial charge in [0.2, 0.25) is 0 Å². The highest BCUT2D eigenvalue weighted by Gasteiger charge is 2.29. The number of nitrogens with one attached hydrogen (secondary N) is 1. The van der Waals surface area contributed by atoms with Gasteiger partial charge in [-0.25, -0.2) is 4.98 Å². The number of hydrogen-bond donors (Lipinski definition) is 1. The lowest BCUT2D eigenvalue weighted by Gasteiger charge is -2.29. The summed E-state index contributed by atoms with van der Waals surface area (Å²) in [7, 11) is 3.41. The molecule has 22 heavy (non-hydrogen) atoms. The number of carbonyl (C=O) groups excluding carboxylic acids is 1. The van der Waals surface area contributed by atoms with E-state index in [2.05, 4.69) is 10.3 Å². The van der Waals surface area contributed by atoms with Crippen LogP contribution in [0.4, 0.5) is 5.82 Å². The molecule has 2 heterocycles. The summed E-state index contributed by atoms with van der Waals surface area (Å²) in [6.45, 7) is 0. The lowest BCUT2D eigenvalue weighted by Crippen LogP contribution is -2.28. The van der Waals surface area contributed by atoms with E-state index in [9.17, 15) is 4.79 Å². The minimum atomic E-state index is -0.250. The van der Waals surface area contributed by atoms with Crippen LogP contribution in [0.25, 0.3) is 5.76 Å². The second kappa shape index (κ2) is 6.11. The van der Waals surface area contributed by atoms with Crippen LogP contribution < -0.4 is 5.32 Å². The van der Waals surface area contributed by atoms with Gasteiger partial charge in [-0.3, -0.25) is 4.79 Å². The SMILES string of the molecule is COC1=C(C(=O)Nc2ccccn2)N(C)Sc2ccccc21. The molecule has 1 aromatic heterocycles. The predicted octanol–water partition coefficient (Wildman–Crippen LogP) is 2.99. The first-order chi connectivity index (χ1) is 10.7. The Balaban J connectivity index is 1.99. The zero-order valence-electron chi connectivity index (χ0n) is 12.2. The summed E-state index contributed by atoms with van der Waals surface area (Å²) in [5.74, 6) is 0.818.